The molecule has 0 spiro atoms. The Morgan fingerprint density at radius 3 is 2.88 bits per heavy atom. The maximum Gasteiger partial charge on any atom is 0.354 e. The molecular weight excluding hydrogens is 224 g/mol. The van der Waals surface area contributed by atoms with Crippen LogP contribution in [0, 0.1) is 0 Å². The van der Waals surface area contributed by atoms with Gasteiger partial charge < -0.3 is 15.4 Å². The fourth-order valence-corrected chi connectivity index (χ4v) is 1.20. The summed E-state index contributed by atoms with van der Waals surface area (Å²) in [6, 6.07) is 2.78. The average molecular weight is 232 g/mol. The van der Waals surface area contributed by atoms with Gasteiger partial charge in [0.1, 0.15) is 11.4 Å². The van der Waals surface area contributed by atoms with E-state index in [1.54, 1.807) is 0 Å². The van der Waals surface area contributed by atoms with Gasteiger partial charge in [-0.05, 0) is 12.1 Å². The molecule has 2 heterocycles. The molecule has 2 aromatic heterocycles. The second kappa shape index (κ2) is 4.44. The number of imidazole rings is 1. The quantitative estimate of drug-likeness (QED) is 0.723. The van der Waals surface area contributed by atoms with Crippen LogP contribution in [0.2, 0.25) is 0 Å². The molecule has 3 N–H and O–H groups in total. The summed E-state index contributed by atoms with van der Waals surface area (Å²) in [7, 11) is 0. The zero-order valence-electron chi connectivity index (χ0n) is 8.54. The molecule has 2 aromatic rings. The first-order chi connectivity index (χ1) is 8.16. The summed E-state index contributed by atoms with van der Waals surface area (Å²) < 4.78 is 0. The van der Waals surface area contributed by atoms with Gasteiger partial charge in [0, 0.05) is 11.9 Å². The number of pyridine rings is 1. The molecule has 0 atom stereocenters. The van der Waals surface area contributed by atoms with Crippen molar-refractivity contribution < 1.29 is 14.7 Å². The third-order valence-electron chi connectivity index (χ3n) is 1.98. The second-order valence-corrected chi connectivity index (χ2v) is 3.15. The highest BCUT2D eigenvalue weighted by molar-refractivity contribution is 6.03. The highest BCUT2D eigenvalue weighted by Crippen LogP contribution is 2.09. The SMILES string of the molecule is O=C(O)c1cc(NC(=O)c2cnc[nH]2)ccn1. The number of aromatic nitrogens is 3. The molecule has 17 heavy (non-hydrogen) atoms. The molecule has 2 rings (SSSR count). The number of anilines is 1. The monoisotopic (exact) mass is 232 g/mol. The van der Waals surface area contributed by atoms with Gasteiger partial charge in [0.2, 0.25) is 0 Å². The van der Waals surface area contributed by atoms with Crippen LogP contribution in [-0.4, -0.2) is 31.9 Å². The molecule has 86 valence electrons. The lowest BCUT2D eigenvalue weighted by Crippen LogP contribution is -2.13. The minimum Gasteiger partial charge on any atom is -0.477 e. The van der Waals surface area contributed by atoms with E-state index in [2.05, 4.69) is 20.3 Å². The van der Waals surface area contributed by atoms with Gasteiger partial charge in [-0.1, -0.05) is 0 Å². The fraction of sp³-hybridized carbons (Fsp3) is 0. The summed E-state index contributed by atoms with van der Waals surface area (Å²) in [5.41, 5.74) is 0.517. The van der Waals surface area contributed by atoms with Gasteiger partial charge in [0.05, 0.1) is 12.5 Å². The minimum atomic E-state index is -1.15. The molecule has 0 aliphatic heterocycles. The average Bonchev–Trinajstić information content (AvgIpc) is 2.82. The van der Waals surface area contributed by atoms with Crippen molar-refractivity contribution in [1.82, 2.24) is 15.0 Å². The van der Waals surface area contributed by atoms with E-state index in [9.17, 15) is 9.59 Å². The number of carbonyl (C=O) groups excluding carboxylic acids is 1. The number of carboxylic acids is 1. The van der Waals surface area contributed by atoms with E-state index in [-0.39, 0.29) is 5.69 Å². The highest BCUT2D eigenvalue weighted by atomic mass is 16.4. The van der Waals surface area contributed by atoms with Gasteiger partial charge in [0.25, 0.3) is 5.91 Å². The minimum absolute atomic E-state index is 0.132. The van der Waals surface area contributed by atoms with Crippen LogP contribution in [0.1, 0.15) is 21.0 Å². The first kappa shape index (κ1) is 10.8. The Labute approximate surface area is 95.5 Å². The van der Waals surface area contributed by atoms with Crippen LogP contribution in [0.4, 0.5) is 5.69 Å². The van der Waals surface area contributed by atoms with Crippen LogP contribution >= 0.6 is 0 Å². The Balaban J connectivity index is 2.16. The Bertz CT molecular complexity index is 550. The Morgan fingerprint density at radius 1 is 1.41 bits per heavy atom. The highest BCUT2D eigenvalue weighted by Gasteiger charge is 2.09. The van der Waals surface area contributed by atoms with E-state index in [4.69, 9.17) is 5.11 Å². The van der Waals surface area contributed by atoms with Crippen molar-refractivity contribution >= 4 is 17.6 Å². The summed E-state index contributed by atoms with van der Waals surface area (Å²) in [5, 5.41) is 11.3. The van der Waals surface area contributed by atoms with Crippen molar-refractivity contribution in [3.05, 3.63) is 42.2 Å². The van der Waals surface area contributed by atoms with Crippen LogP contribution in [-0.2, 0) is 0 Å². The molecule has 0 radical (unpaired) electrons. The van der Waals surface area contributed by atoms with Crippen LogP contribution in [0.25, 0.3) is 0 Å². The number of nitrogens with zero attached hydrogens (tertiary/aromatic N) is 2. The first-order valence-electron chi connectivity index (χ1n) is 4.66. The van der Waals surface area contributed by atoms with E-state index in [0.29, 0.717) is 11.4 Å². The fourth-order valence-electron chi connectivity index (χ4n) is 1.20. The summed E-state index contributed by atoms with van der Waals surface area (Å²) in [4.78, 5) is 32.3. The first-order valence-corrected chi connectivity index (χ1v) is 4.66. The number of carbonyl (C=O) groups is 2. The third kappa shape index (κ3) is 2.46. The lowest BCUT2D eigenvalue weighted by atomic mass is 10.3. The maximum atomic E-state index is 11.6. The number of aromatic amines is 1. The molecule has 0 saturated heterocycles. The van der Waals surface area contributed by atoms with Crippen molar-refractivity contribution in [2.24, 2.45) is 0 Å². The van der Waals surface area contributed by atoms with Crippen molar-refractivity contribution in [3.8, 4) is 0 Å². The summed E-state index contributed by atoms with van der Waals surface area (Å²) in [6.07, 6.45) is 4.06. The van der Waals surface area contributed by atoms with Gasteiger partial charge in [-0.3, -0.25) is 4.79 Å². The number of rotatable bonds is 3. The largest absolute Gasteiger partial charge is 0.477 e. The van der Waals surface area contributed by atoms with E-state index < -0.39 is 11.9 Å². The lowest BCUT2D eigenvalue weighted by molar-refractivity contribution is 0.0690. The van der Waals surface area contributed by atoms with Gasteiger partial charge in [0.15, 0.2) is 0 Å². The predicted molar refractivity (Wildman–Crippen MR) is 57.7 cm³/mol. The molecule has 0 saturated carbocycles. The number of nitrogens with one attached hydrogen (secondary N) is 2. The zero-order valence-corrected chi connectivity index (χ0v) is 8.54. The molecule has 0 aliphatic rings. The number of H-pyrrole nitrogens is 1. The van der Waals surface area contributed by atoms with Crippen molar-refractivity contribution in [2.75, 3.05) is 5.32 Å². The van der Waals surface area contributed by atoms with E-state index >= 15 is 0 Å². The van der Waals surface area contributed by atoms with Crippen molar-refractivity contribution in [3.63, 3.8) is 0 Å². The molecular formula is C10H8N4O3. The van der Waals surface area contributed by atoms with Gasteiger partial charge >= 0.3 is 5.97 Å². The normalized spacial score (nSPS) is 9.88. The smallest absolute Gasteiger partial charge is 0.354 e. The summed E-state index contributed by atoms with van der Waals surface area (Å²) >= 11 is 0. The number of amides is 1. The Morgan fingerprint density at radius 2 is 2.24 bits per heavy atom. The number of carboxylic acid groups (broad SMARTS) is 1. The maximum absolute atomic E-state index is 11.6. The van der Waals surface area contributed by atoms with E-state index in [1.165, 1.54) is 30.9 Å². The predicted octanol–water partition coefficient (Wildman–Crippen LogP) is 0.755. The molecule has 7 nitrogen and oxygen atoms in total. The van der Waals surface area contributed by atoms with E-state index in [0.717, 1.165) is 0 Å². The van der Waals surface area contributed by atoms with Crippen molar-refractivity contribution in [1.29, 1.82) is 0 Å². The number of aromatic carboxylic acids is 1. The van der Waals surface area contributed by atoms with Crippen LogP contribution in [0.3, 0.4) is 0 Å². The topological polar surface area (TPSA) is 108 Å². The van der Waals surface area contributed by atoms with Crippen LogP contribution in [0.15, 0.2) is 30.9 Å². The van der Waals surface area contributed by atoms with Crippen LogP contribution in [0.5, 0.6) is 0 Å². The Hall–Kier alpha value is -2.70. The van der Waals surface area contributed by atoms with Crippen LogP contribution < -0.4 is 5.32 Å². The van der Waals surface area contributed by atoms with Gasteiger partial charge in [-0.15, -0.1) is 0 Å². The molecule has 0 unspecified atom stereocenters. The molecule has 7 heteroatoms. The van der Waals surface area contributed by atoms with Gasteiger partial charge in [-0.2, -0.15) is 0 Å². The summed E-state index contributed by atoms with van der Waals surface area (Å²) in [6.45, 7) is 0. The zero-order chi connectivity index (χ0) is 12.3. The standard InChI is InChI=1S/C10H8N4O3/c15-9(8-4-11-5-13-8)14-6-1-2-12-7(3-6)10(16)17/h1-5H,(H,11,13)(H,16,17)(H,12,14,15). The number of hydrogen-bond acceptors (Lipinski definition) is 4. The lowest BCUT2D eigenvalue weighted by Gasteiger charge is -2.03. The third-order valence-corrected chi connectivity index (χ3v) is 1.98. The van der Waals surface area contributed by atoms with E-state index in [1.807, 2.05) is 0 Å². The molecule has 0 bridgehead atoms. The Kier molecular flexibility index (Phi) is 2.82. The van der Waals surface area contributed by atoms with Crippen molar-refractivity contribution in [2.45, 2.75) is 0 Å². The number of hydrogen-bond donors (Lipinski definition) is 3. The molecule has 0 fully saturated rings. The molecule has 0 aliphatic carbocycles. The van der Waals surface area contributed by atoms with Gasteiger partial charge in [-0.25, -0.2) is 14.8 Å². The molecule has 1 amide bonds. The second-order valence-electron chi connectivity index (χ2n) is 3.15. The molecule has 0 aromatic carbocycles. The summed E-state index contributed by atoms with van der Waals surface area (Å²) in [5.74, 6) is -1.55.